The van der Waals surface area contributed by atoms with Crippen molar-refractivity contribution in [2.75, 3.05) is 27.2 Å². The third kappa shape index (κ3) is 3.97. The SMILES string of the molecule is COc1cccc(CN(C)C(=O)CN2CCCC2c2cccs2)c1. The summed E-state index contributed by atoms with van der Waals surface area (Å²) in [5.74, 6) is 0.993. The van der Waals surface area contributed by atoms with E-state index in [4.69, 9.17) is 4.74 Å². The van der Waals surface area contributed by atoms with E-state index in [1.807, 2.05) is 31.3 Å². The summed E-state index contributed by atoms with van der Waals surface area (Å²) >= 11 is 1.79. The van der Waals surface area contributed by atoms with E-state index in [1.165, 1.54) is 4.88 Å². The fraction of sp³-hybridized carbons (Fsp3) is 0.421. The molecule has 0 N–H and O–H groups in total. The lowest BCUT2D eigenvalue weighted by Gasteiger charge is -2.26. The van der Waals surface area contributed by atoms with Crippen molar-refractivity contribution in [3.63, 3.8) is 0 Å². The zero-order valence-electron chi connectivity index (χ0n) is 14.3. The van der Waals surface area contributed by atoms with Crippen LogP contribution < -0.4 is 4.74 Å². The van der Waals surface area contributed by atoms with Crippen LogP contribution in [-0.2, 0) is 11.3 Å². The Balaban J connectivity index is 1.59. The summed E-state index contributed by atoms with van der Waals surface area (Å²) in [5, 5.41) is 2.11. The molecule has 0 saturated carbocycles. The largest absolute Gasteiger partial charge is 0.497 e. The predicted molar refractivity (Wildman–Crippen MR) is 97.3 cm³/mol. The van der Waals surface area contributed by atoms with Crippen LogP contribution in [0.25, 0.3) is 0 Å². The second-order valence-electron chi connectivity index (χ2n) is 6.25. The maximum absolute atomic E-state index is 12.6. The molecule has 2 heterocycles. The average molecular weight is 344 g/mol. The van der Waals surface area contributed by atoms with Gasteiger partial charge in [-0.3, -0.25) is 9.69 Å². The molecule has 5 heteroatoms. The van der Waals surface area contributed by atoms with E-state index in [0.29, 0.717) is 19.1 Å². The Morgan fingerprint density at radius 2 is 2.25 bits per heavy atom. The first-order valence-electron chi connectivity index (χ1n) is 8.31. The molecule has 1 amide bonds. The van der Waals surface area contributed by atoms with Crippen LogP contribution in [0.4, 0.5) is 0 Å². The molecule has 0 bridgehead atoms. The van der Waals surface area contributed by atoms with E-state index in [0.717, 1.165) is 30.7 Å². The Labute approximate surface area is 147 Å². The topological polar surface area (TPSA) is 32.8 Å². The third-order valence-electron chi connectivity index (χ3n) is 4.55. The Bertz CT molecular complexity index is 672. The highest BCUT2D eigenvalue weighted by molar-refractivity contribution is 7.10. The Morgan fingerprint density at radius 3 is 3.00 bits per heavy atom. The summed E-state index contributed by atoms with van der Waals surface area (Å²) in [6.07, 6.45) is 2.31. The second-order valence-corrected chi connectivity index (χ2v) is 7.22. The standard InChI is InChI=1S/C19H24N2O2S/c1-20(13-15-6-3-7-16(12-15)23-2)19(22)14-21-10-4-8-17(21)18-9-5-11-24-18/h3,5-7,9,11-12,17H,4,8,10,13-14H2,1-2H3. The molecule has 1 aromatic carbocycles. The quantitative estimate of drug-likeness (QED) is 0.803. The fourth-order valence-electron chi connectivity index (χ4n) is 3.25. The number of hydrogen-bond donors (Lipinski definition) is 0. The van der Waals surface area contributed by atoms with Crippen LogP contribution in [0.5, 0.6) is 5.75 Å². The van der Waals surface area contributed by atoms with E-state index >= 15 is 0 Å². The van der Waals surface area contributed by atoms with Crippen molar-refractivity contribution in [1.82, 2.24) is 9.80 Å². The molecule has 128 valence electrons. The molecule has 0 spiro atoms. The van der Waals surface area contributed by atoms with Gasteiger partial charge in [-0.05, 0) is 48.5 Å². The van der Waals surface area contributed by atoms with Crippen molar-refractivity contribution in [2.45, 2.75) is 25.4 Å². The van der Waals surface area contributed by atoms with Crippen molar-refractivity contribution in [1.29, 1.82) is 0 Å². The lowest BCUT2D eigenvalue weighted by molar-refractivity contribution is -0.131. The Kier molecular flexibility index (Phi) is 5.53. The van der Waals surface area contributed by atoms with Gasteiger partial charge in [0.25, 0.3) is 0 Å². The van der Waals surface area contributed by atoms with Gasteiger partial charge in [-0.2, -0.15) is 0 Å². The van der Waals surface area contributed by atoms with Gasteiger partial charge < -0.3 is 9.64 Å². The summed E-state index contributed by atoms with van der Waals surface area (Å²) < 4.78 is 5.25. The number of ether oxygens (including phenoxy) is 1. The minimum absolute atomic E-state index is 0.168. The van der Waals surface area contributed by atoms with Crippen molar-refractivity contribution in [2.24, 2.45) is 0 Å². The molecule has 1 unspecified atom stereocenters. The van der Waals surface area contributed by atoms with Crippen LogP contribution in [0.2, 0.25) is 0 Å². The highest BCUT2D eigenvalue weighted by Crippen LogP contribution is 2.34. The van der Waals surface area contributed by atoms with Crippen molar-refractivity contribution in [3.05, 3.63) is 52.2 Å². The first kappa shape index (κ1) is 17.0. The minimum Gasteiger partial charge on any atom is -0.497 e. The molecule has 0 radical (unpaired) electrons. The molecular formula is C19H24N2O2S. The van der Waals surface area contributed by atoms with Crippen LogP contribution in [0.15, 0.2) is 41.8 Å². The van der Waals surface area contributed by atoms with Crippen LogP contribution in [0.3, 0.4) is 0 Å². The number of thiophene rings is 1. The monoisotopic (exact) mass is 344 g/mol. The van der Waals surface area contributed by atoms with Gasteiger partial charge in [0.1, 0.15) is 5.75 Å². The number of likely N-dealkylation sites (N-methyl/N-ethyl adjacent to an activating group) is 1. The number of amides is 1. The van der Waals surface area contributed by atoms with Gasteiger partial charge in [0.15, 0.2) is 0 Å². The van der Waals surface area contributed by atoms with Crippen LogP contribution >= 0.6 is 11.3 Å². The highest BCUT2D eigenvalue weighted by atomic mass is 32.1. The maximum Gasteiger partial charge on any atom is 0.236 e. The summed E-state index contributed by atoms with van der Waals surface area (Å²) in [6, 6.07) is 12.6. The zero-order valence-corrected chi connectivity index (χ0v) is 15.1. The summed E-state index contributed by atoms with van der Waals surface area (Å²) in [7, 11) is 3.53. The number of likely N-dealkylation sites (tertiary alicyclic amines) is 1. The number of methoxy groups -OCH3 is 1. The predicted octanol–water partition coefficient (Wildman–Crippen LogP) is 3.55. The molecular weight excluding hydrogens is 320 g/mol. The summed E-state index contributed by atoms with van der Waals surface area (Å²) in [5.41, 5.74) is 1.08. The van der Waals surface area contributed by atoms with Gasteiger partial charge >= 0.3 is 0 Å². The van der Waals surface area contributed by atoms with Crippen molar-refractivity contribution < 1.29 is 9.53 Å². The molecule has 3 rings (SSSR count). The van der Waals surface area contributed by atoms with E-state index in [9.17, 15) is 4.79 Å². The van der Waals surface area contributed by atoms with Gasteiger partial charge in [-0.25, -0.2) is 0 Å². The van der Waals surface area contributed by atoms with Crippen molar-refractivity contribution in [3.8, 4) is 5.75 Å². The van der Waals surface area contributed by atoms with Crippen molar-refractivity contribution >= 4 is 17.2 Å². The smallest absolute Gasteiger partial charge is 0.236 e. The van der Waals surface area contributed by atoms with Crippen LogP contribution in [-0.4, -0.2) is 43.0 Å². The zero-order chi connectivity index (χ0) is 16.9. The second kappa shape index (κ2) is 7.81. The van der Waals surface area contributed by atoms with Gasteiger partial charge in [0.05, 0.1) is 13.7 Å². The van der Waals surface area contributed by atoms with Gasteiger partial charge in [-0.1, -0.05) is 18.2 Å². The van der Waals surface area contributed by atoms with E-state index in [2.05, 4.69) is 22.4 Å². The van der Waals surface area contributed by atoms with E-state index < -0.39 is 0 Å². The molecule has 1 atom stereocenters. The molecule has 1 saturated heterocycles. The van der Waals surface area contributed by atoms with Gasteiger partial charge in [-0.15, -0.1) is 11.3 Å². The number of hydrogen-bond acceptors (Lipinski definition) is 4. The van der Waals surface area contributed by atoms with Crippen LogP contribution in [0, 0.1) is 0 Å². The Hall–Kier alpha value is -1.85. The minimum atomic E-state index is 0.168. The molecule has 1 aromatic heterocycles. The molecule has 4 nitrogen and oxygen atoms in total. The van der Waals surface area contributed by atoms with Gasteiger partial charge in [0.2, 0.25) is 5.91 Å². The molecule has 2 aromatic rings. The molecule has 0 aliphatic carbocycles. The van der Waals surface area contributed by atoms with E-state index in [1.54, 1.807) is 23.3 Å². The number of carbonyl (C=O) groups is 1. The molecule has 1 aliphatic rings. The van der Waals surface area contributed by atoms with Crippen LogP contribution in [0.1, 0.15) is 29.3 Å². The first-order valence-corrected chi connectivity index (χ1v) is 9.19. The van der Waals surface area contributed by atoms with Gasteiger partial charge in [0, 0.05) is 24.5 Å². The fourth-order valence-corrected chi connectivity index (χ4v) is 4.14. The summed E-state index contributed by atoms with van der Waals surface area (Å²) in [4.78, 5) is 18.1. The molecule has 24 heavy (non-hydrogen) atoms. The number of rotatable bonds is 6. The molecule has 1 aliphatic heterocycles. The van der Waals surface area contributed by atoms with E-state index in [-0.39, 0.29) is 5.91 Å². The highest BCUT2D eigenvalue weighted by Gasteiger charge is 2.28. The third-order valence-corrected chi connectivity index (χ3v) is 5.53. The average Bonchev–Trinajstić information content (AvgIpc) is 3.26. The first-order chi connectivity index (χ1) is 11.7. The lowest BCUT2D eigenvalue weighted by Crippen LogP contribution is -2.37. The Morgan fingerprint density at radius 1 is 1.38 bits per heavy atom. The maximum atomic E-state index is 12.6. The number of benzene rings is 1. The molecule has 1 fully saturated rings. The normalized spacial score (nSPS) is 17.8. The lowest BCUT2D eigenvalue weighted by atomic mass is 10.2. The number of nitrogens with zero attached hydrogens (tertiary/aromatic N) is 2. The summed E-state index contributed by atoms with van der Waals surface area (Å²) in [6.45, 7) is 2.10. The number of carbonyl (C=O) groups excluding carboxylic acids is 1.